The Hall–Kier alpha value is -0.300. The molecule has 76 valence electrons. The van der Waals surface area contributed by atoms with E-state index >= 15 is 0 Å². The molecular weight excluding hydrogens is 158 g/mol. The lowest BCUT2D eigenvalue weighted by atomic mass is 9.69. The first-order valence-electron chi connectivity index (χ1n) is 5.44. The normalized spacial score (nSPS) is 28.0. The molecule has 1 aliphatic carbocycles. The van der Waals surface area contributed by atoms with Gasteiger partial charge in [0.05, 0.1) is 0 Å². The van der Waals surface area contributed by atoms with Crippen LogP contribution in [0.1, 0.15) is 46.5 Å². The van der Waals surface area contributed by atoms with E-state index < -0.39 is 0 Å². The molecule has 1 rings (SSSR count). The van der Waals surface area contributed by atoms with Crippen LogP contribution in [0.25, 0.3) is 0 Å². The van der Waals surface area contributed by atoms with E-state index in [0.29, 0.717) is 12.0 Å². The van der Waals surface area contributed by atoms with Crippen LogP contribution in [0.4, 0.5) is 0 Å². The molecule has 1 atom stereocenters. The summed E-state index contributed by atoms with van der Waals surface area (Å²) in [6.45, 7) is 7.73. The molecule has 0 saturated heterocycles. The number of nitrogens with two attached hydrogens (primary N) is 1. The maximum atomic E-state index is 5.59. The van der Waals surface area contributed by atoms with Crippen molar-refractivity contribution in [3.8, 4) is 0 Å². The van der Waals surface area contributed by atoms with E-state index in [1.165, 1.54) is 25.7 Å². The molecule has 1 heteroatoms. The summed E-state index contributed by atoms with van der Waals surface area (Å²) in [5.74, 6) is 0.768. The lowest BCUT2D eigenvalue weighted by Gasteiger charge is -2.36. The fraction of sp³-hybridized carbons (Fsp3) is 0.833. The fourth-order valence-corrected chi connectivity index (χ4v) is 2.42. The van der Waals surface area contributed by atoms with E-state index in [9.17, 15) is 0 Å². The van der Waals surface area contributed by atoms with Crippen LogP contribution in [0.5, 0.6) is 0 Å². The zero-order valence-electron chi connectivity index (χ0n) is 9.27. The highest BCUT2D eigenvalue weighted by Crippen LogP contribution is 2.41. The molecule has 0 aliphatic heterocycles. The molecule has 0 aromatic heterocycles. The van der Waals surface area contributed by atoms with Gasteiger partial charge in [-0.3, -0.25) is 0 Å². The highest BCUT2D eigenvalue weighted by atomic mass is 14.5. The Balaban J connectivity index is 2.73. The maximum absolute atomic E-state index is 5.59. The molecule has 13 heavy (non-hydrogen) atoms. The Labute approximate surface area is 82.4 Å². The predicted octanol–water partition coefficient (Wildman–Crippen LogP) is 3.11. The summed E-state index contributed by atoms with van der Waals surface area (Å²) in [5, 5.41) is 0. The summed E-state index contributed by atoms with van der Waals surface area (Å²) < 4.78 is 0. The number of hydrogen-bond acceptors (Lipinski definition) is 1. The van der Waals surface area contributed by atoms with Gasteiger partial charge in [-0.25, -0.2) is 0 Å². The molecule has 0 radical (unpaired) electrons. The molecule has 1 nitrogen and oxygen atoms in total. The van der Waals surface area contributed by atoms with Gasteiger partial charge in [-0.15, -0.1) is 0 Å². The smallest absolute Gasteiger partial charge is 0.0109 e. The SMILES string of the molecule is CC(C)(C)C1CCCCC1=CCN. The second-order valence-electron chi connectivity index (χ2n) is 5.18. The van der Waals surface area contributed by atoms with Crippen molar-refractivity contribution < 1.29 is 0 Å². The zero-order chi connectivity index (χ0) is 9.90. The van der Waals surface area contributed by atoms with Gasteiger partial charge in [-0.1, -0.05) is 38.8 Å². The van der Waals surface area contributed by atoms with E-state index in [1.807, 2.05) is 0 Å². The summed E-state index contributed by atoms with van der Waals surface area (Å²) >= 11 is 0. The lowest BCUT2D eigenvalue weighted by Crippen LogP contribution is -2.25. The van der Waals surface area contributed by atoms with E-state index in [4.69, 9.17) is 5.73 Å². The van der Waals surface area contributed by atoms with Crippen LogP contribution < -0.4 is 5.73 Å². The third kappa shape index (κ3) is 2.84. The van der Waals surface area contributed by atoms with Gasteiger partial charge >= 0.3 is 0 Å². The molecule has 0 spiro atoms. The standard InChI is InChI=1S/C12H23N/c1-12(2,3)11-7-5-4-6-10(11)8-9-13/h8,11H,4-7,9,13H2,1-3H3. The molecule has 1 unspecified atom stereocenters. The van der Waals surface area contributed by atoms with Gasteiger partial charge in [0.1, 0.15) is 0 Å². The van der Waals surface area contributed by atoms with Crippen LogP contribution in [0, 0.1) is 11.3 Å². The third-order valence-corrected chi connectivity index (χ3v) is 3.08. The largest absolute Gasteiger partial charge is 0.327 e. The molecule has 0 aromatic carbocycles. The molecule has 1 aliphatic rings. The average molecular weight is 181 g/mol. The van der Waals surface area contributed by atoms with Crippen molar-refractivity contribution in [3.05, 3.63) is 11.6 Å². The van der Waals surface area contributed by atoms with Crippen molar-refractivity contribution in [2.24, 2.45) is 17.1 Å². The van der Waals surface area contributed by atoms with E-state index in [-0.39, 0.29) is 0 Å². The summed E-state index contributed by atoms with van der Waals surface area (Å²) in [4.78, 5) is 0. The second kappa shape index (κ2) is 4.28. The fourth-order valence-electron chi connectivity index (χ4n) is 2.42. The Bertz CT molecular complexity index is 186. The number of hydrogen-bond donors (Lipinski definition) is 1. The summed E-state index contributed by atoms with van der Waals surface area (Å²) in [6, 6.07) is 0. The topological polar surface area (TPSA) is 26.0 Å². The lowest BCUT2D eigenvalue weighted by molar-refractivity contribution is 0.235. The van der Waals surface area contributed by atoms with Crippen molar-refractivity contribution in [2.45, 2.75) is 46.5 Å². The van der Waals surface area contributed by atoms with Crippen molar-refractivity contribution in [2.75, 3.05) is 6.54 Å². The van der Waals surface area contributed by atoms with Gasteiger partial charge in [0.25, 0.3) is 0 Å². The predicted molar refractivity (Wildman–Crippen MR) is 58.6 cm³/mol. The van der Waals surface area contributed by atoms with Gasteiger partial charge in [-0.05, 0) is 30.6 Å². The van der Waals surface area contributed by atoms with Crippen LogP contribution in [-0.4, -0.2) is 6.54 Å². The monoisotopic (exact) mass is 181 g/mol. The molecule has 1 saturated carbocycles. The Kier molecular flexibility index (Phi) is 3.55. The van der Waals surface area contributed by atoms with Crippen molar-refractivity contribution in [3.63, 3.8) is 0 Å². The van der Waals surface area contributed by atoms with E-state index in [2.05, 4.69) is 26.8 Å². The minimum Gasteiger partial charge on any atom is -0.327 e. The van der Waals surface area contributed by atoms with Gasteiger partial charge < -0.3 is 5.73 Å². The maximum Gasteiger partial charge on any atom is 0.0109 e. The summed E-state index contributed by atoms with van der Waals surface area (Å²) in [6.07, 6.45) is 7.63. The molecule has 0 aromatic rings. The molecule has 0 amide bonds. The summed E-state index contributed by atoms with van der Waals surface area (Å²) in [7, 11) is 0. The van der Waals surface area contributed by atoms with Gasteiger partial charge in [0.2, 0.25) is 0 Å². The van der Waals surface area contributed by atoms with Gasteiger partial charge in [0.15, 0.2) is 0 Å². The number of rotatable bonds is 1. The Morgan fingerprint density at radius 3 is 2.62 bits per heavy atom. The van der Waals surface area contributed by atoms with Crippen LogP contribution in [-0.2, 0) is 0 Å². The molecule has 0 bridgehead atoms. The Morgan fingerprint density at radius 1 is 1.38 bits per heavy atom. The first-order valence-corrected chi connectivity index (χ1v) is 5.44. The Morgan fingerprint density at radius 2 is 2.08 bits per heavy atom. The van der Waals surface area contributed by atoms with Crippen molar-refractivity contribution in [1.29, 1.82) is 0 Å². The number of allylic oxidation sites excluding steroid dienone is 1. The molecule has 1 fully saturated rings. The van der Waals surface area contributed by atoms with Gasteiger partial charge in [-0.2, -0.15) is 0 Å². The quantitative estimate of drug-likeness (QED) is 0.618. The van der Waals surface area contributed by atoms with E-state index in [1.54, 1.807) is 5.57 Å². The highest BCUT2D eigenvalue weighted by molar-refractivity contribution is 5.12. The van der Waals surface area contributed by atoms with Crippen LogP contribution in [0.3, 0.4) is 0 Å². The van der Waals surface area contributed by atoms with Gasteiger partial charge in [0, 0.05) is 6.54 Å². The molecular formula is C12H23N. The summed E-state index contributed by atoms with van der Waals surface area (Å²) in [5.41, 5.74) is 7.62. The first kappa shape index (κ1) is 10.8. The first-order chi connectivity index (χ1) is 6.05. The molecule has 0 heterocycles. The van der Waals surface area contributed by atoms with Crippen molar-refractivity contribution >= 4 is 0 Å². The minimum atomic E-state index is 0.418. The van der Waals surface area contributed by atoms with Crippen LogP contribution in [0.2, 0.25) is 0 Å². The zero-order valence-corrected chi connectivity index (χ0v) is 9.27. The highest BCUT2D eigenvalue weighted by Gasteiger charge is 2.29. The molecule has 2 N–H and O–H groups in total. The van der Waals surface area contributed by atoms with Crippen LogP contribution in [0.15, 0.2) is 11.6 Å². The minimum absolute atomic E-state index is 0.418. The second-order valence-corrected chi connectivity index (χ2v) is 5.18. The van der Waals surface area contributed by atoms with E-state index in [0.717, 1.165) is 5.92 Å². The average Bonchev–Trinajstić information content (AvgIpc) is 2.04. The third-order valence-electron chi connectivity index (χ3n) is 3.08. The van der Waals surface area contributed by atoms with Crippen molar-refractivity contribution in [1.82, 2.24) is 0 Å². The van der Waals surface area contributed by atoms with Crippen LogP contribution >= 0.6 is 0 Å².